The van der Waals surface area contributed by atoms with Crippen molar-refractivity contribution in [2.24, 2.45) is 11.8 Å². The van der Waals surface area contributed by atoms with Crippen LogP contribution in [-0.2, 0) is 29.3 Å². The molecule has 0 radical (unpaired) electrons. The number of rotatable bonds is 5. The normalized spacial score (nSPS) is 35.5. The first-order valence-corrected chi connectivity index (χ1v) is 11.1. The lowest BCUT2D eigenvalue weighted by Crippen LogP contribution is -2.71. The highest BCUT2D eigenvalue weighted by Crippen LogP contribution is 2.65. The summed E-state index contributed by atoms with van der Waals surface area (Å²) in [4.78, 5) is 54.3. The van der Waals surface area contributed by atoms with E-state index in [0.717, 1.165) is 5.56 Å². The number of carbonyl (C=O) groups is 4. The van der Waals surface area contributed by atoms with Crippen molar-refractivity contribution in [2.75, 3.05) is 32.3 Å². The number of carbonyl (C=O) groups excluding carboxylic acids is 3. The molecule has 3 saturated heterocycles. The average Bonchev–Trinajstić information content (AvgIpc) is 3.34. The van der Waals surface area contributed by atoms with Gasteiger partial charge >= 0.3 is 5.97 Å². The van der Waals surface area contributed by atoms with E-state index in [1.54, 1.807) is 23.0 Å². The van der Waals surface area contributed by atoms with Gasteiger partial charge in [-0.05, 0) is 24.5 Å². The summed E-state index contributed by atoms with van der Waals surface area (Å²) in [5.41, 5.74) is 1.04. The van der Waals surface area contributed by atoms with Gasteiger partial charge in [0.1, 0.15) is 6.61 Å². The molecule has 1 saturated carbocycles. The third-order valence-electron chi connectivity index (χ3n) is 8.42. The minimum Gasteiger partial charge on any atom is -0.493 e. The average molecular weight is 456 g/mol. The topological polar surface area (TPSA) is 123 Å². The Labute approximate surface area is 189 Å². The molecule has 4 aliphatic heterocycles. The van der Waals surface area contributed by atoms with Gasteiger partial charge in [-0.1, -0.05) is 0 Å². The summed E-state index contributed by atoms with van der Waals surface area (Å²) in [6, 6.07) is 3.07. The monoisotopic (exact) mass is 456 g/mol. The summed E-state index contributed by atoms with van der Waals surface area (Å²) in [5, 5.41) is 9.18. The van der Waals surface area contributed by atoms with E-state index in [2.05, 4.69) is 0 Å². The SMILES string of the molecule is COc1cc2c(cc1OC)C13CCN4C(=O)C(=O)C(CC41)C1C(OCC(=O)O)CC(=O)N2C13. The van der Waals surface area contributed by atoms with Crippen LogP contribution in [0.1, 0.15) is 24.8 Å². The molecule has 1 aromatic rings. The molecular weight excluding hydrogens is 432 g/mol. The molecule has 33 heavy (non-hydrogen) atoms. The molecule has 1 N–H and O–H groups in total. The lowest BCUT2D eigenvalue weighted by molar-refractivity contribution is -0.166. The van der Waals surface area contributed by atoms with Crippen LogP contribution in [0, 0.1) is 11.8 Å². The summed E-state index contributed by atoms with van der Waals surface area (Å²) in [6.45, 7) is -0.130. The number of piperidine rings is 2. The molecule has 6 unspecified atom stereocenters. The molecule has 6 rings (SSSR count). The van der Waals surface area contributed by atoms with Crippen molar-refractivity contribution >= 4 is 29.3 Å². The molecule has 2 amide bonds. The number of benzene rings is 1. The van der Waals surface area contributed by atoms with Crippen molar-refractivity contribution in [1.29, 1.82) is 0 Å². The number of ketones is 1. The Morgan fingerprint density at radius 1 is 1.18 bits per heavy atom. The third kappa shape index (κ3) is 2.36. The van der Waals surface area contributed by atoms with E-state index >= 15 is 0 Å². The van der Waals surface area contributed by atoms with E-state index in [-0.39, 0.29) is 18.4 Å². The Balaban J connectivity index is 1.58. The minimum absolute atomic E-state index is 0.0509. The fraction of sp³-hybridized carbons (Fsp3) is 0.565. The van der Waals surface area contributed by atoms with Gasteiger partial charge in [0.25, 0.3) is 5.91 Å². The number of amides is 2. The molecule has 4 fully saturated rings. The van der Waals surface area contributed by atoms with Crippen LogP contribution in [0.15, 0.2) is 12.1 Å². The van der Waals surface area contributed by atoms with Crippen molar-refractivity contribution in [3.05, 3.63) is 17.7 Å². The summed E-state index contributed by atoms with van der Waals surface area (Å²) in [6.07, 6.45) is 0.279. The van der Waals surface area contributed by atoms with E-state index in [1.807, 2.05) is 6.07 Å². The second-order valence-electron chi connectivity index (χ2n) is 9.47. The summed E-state index contributed by atoms with van der Waals surface area (Å²) in [5.74, 6) is -2.33. The smallest absolute Gasteiger partial charge is 0.329 e. The Bertz CT molecular complexity index is 1120. The van der Waals surface area contributed by atoms with Gasteiger partial charge in [0.15, 0.2) is 11.5 Å². The zero-order valence-electron chi connectivity index (χ0n) is 18.3. The maximum atomic E-state index is 13.5. The zero-order chi connectivity index (χ0) is 23.2. The van der Waals surface area contributed by atoms with Gasteiger partial charge in [-0.15, -0.1) is 0 Å². The predicted octanol–water partition coefficient (Wildman–Crippen LogP) is 0.350. The first-order chi connectivity index (χ1) is 15.8. The van der Waals surface area contributed by atoms with Crippen LogP contribution in [-0.4, -0.2) is 79.1 Å². The van der Waals surface area contributed by atoms with Gasteiger partial charge in [-0.2, -0.15) is 0 Å². The quantitative estimate of drug-likeness (QED) is 0.630. The molecule has 10 heteroatoms. The molecule has 6 atom stereocenters. The van der Waals surface area contributed by atoms with Crippen LogP contribution in [0.4, 0.5) is 5.69 Å². The van der Waals surface area contributed by atoms with E-state index in [1.165, 1.54) is 7.11 Å². The fourth-order valence-electron chi connectivity index (χ4n) is 7.35. The van der Waals surface area contributed by atoms with E-state index in [9.17, 15) is 24.3 Å². The first-order valence-electron chi connectivity index (χ1n) is 11.1. The van der Waals surface area contributed by atoms with Gasteiger partial charge in [-0.25, -0.2) is 4.79 Å². The lowest BCUT2D eigenvalue weighted by Gasteiger charge is -2.57. The third-order valence-corrected chi connectivity index (χ3v) is 8.42. The lowest BCUT2D eigenvalue weighted by atomic mass is 9.54. The van der Waals surface area contributed by atoms with Gasteiger partial charge in [0, 0.05) is 35.9 Å². The van der Waals surface area contributed by atoms with Crippen LogP contribution < -0.4 is 14.4 Å². The van der Waals surface area contributed by atoms with E-state index in [4.69, 9.17) is 14.2 Å². The van der Waals surface area contributed by atoms with Crippen LogP contribution >= 0.6 is 0 Å². The summed E-state index contributed by atoms with van der Waals surface area (Å²) >= 11 is 0. The molecule has 4 heterocycles. The second-order valence-corrected chi connectivity index (χ2v) is 9.47. The van der Waals surface area contributed by atoms with Crippen molar-refractivity contribution in [3.63, 3.8) is 0 Å². The summed E-state index contributed by atoms with van der Waals surface area (Å²) < 4.78 is 16.8. The van der Waals surface area contributed by atoms with Gasteiger partial charge in [0.2, 0.25) is 11.7 Å². The van der Waals surface area contributed by atoms with Crippen LogP contribution in [0.25, 0.3) is 0 Å². The molecule has 2 bridgehead atoms. The first kappa shape index (κ1) is 20.5. The van der Waals surface area contributed by atoms with Gasteiger partial charge < -0.3 is 29.1 Å². The predicted molar refractivity (Wildman–Crippen MR) is 111 cm³/mol. The Kier molecular flexibility index (Phi) is 4.15. The number of carboxylic acids is 1. The molecular formula is C23H24N2O8. The number of nitrogens with zero attached hydrogens (tertiary/aromatic N) is 2. The number of carboxylic acid groups (broad SMARTS) is 1. The maximum Gasteiger partial charge on any atom is 0.329 e. The highest BCUT2D eigenvalue weighted by atomic mass is 16.5. The van der Waals surface area contributed by atoms with Crippen molar-refractivity contribution in [2.45, 2.75) is 42.9 Å². The Hall–Kier alpha value is -3.14. The molecule has 0 aromatic heterocycles. The number of methoxy groups -OCH3 is 2. The second kappa shape index (κ2) is 6.69. The van der Waals surface area contributed by atoms with E-state index < -0.39 is 53.7 Å². The highest BCUT2D eigenvalue weighted by molar-refractivity contribution is 6.38. The van der Waals surface area contributed by atoms with Gasteiger partial charge in [-0.3, -0.25) is 14.4 Å². The van der Waals surface area contributed by atoms with Crippen LogP contribution in [0.5, 0.6) is 11.5 Å². The van der Waals surface area contributed by atoms with Crippen LogP contribution in [0.2, 0.25) is 0 Å². The molecule has 1 aromatic carbocycles. The Morgan fingerprint density at radius 3 is 2.61 bits per heavy atom. The van der Waals surface area contributed by atoms with Crippen molar-refractivity contribution < 1.29 is 38.5 Å². The fourth-order valence-corrected chi connectivity index (χ4v) is 7.35. The van der Waals surface area contributed by atoms with Crippen LogP contribution in [0.3, 0.4) is 0 Å². The molecule has 1 spiro atoms. The molecule has 1 aliphatic carbocycles. The minimum atomic E-state index is -1.14. The Morgan fingerprint density at radius 2 is 1.91 bits per heavy atom. The number of hydrogen-bond acceptors (Lipinski definition) is 7. The number of Topliss-reactive ketones (excluding diaryl/α,β-unsaturated/α-hetero) is 1. The number of fused-ring (bicyclic) bond motifs is 4. The standard InChI is InChI=1S/C23H24N2O8/c1-31-13-6-11-12(7-14(13)32-2)25-17(26)8-15(33-9-18(27)28)19-10-5-16-23(11,21(19)25)3-4-24(16)22(30)20(10)29/h6-7,10,15-16,19,21H,3-5,8-9H2,1-2H3,(H,27,28). The summed E-state index contributed by atoms with van der Waals surface area (Å²) in [7, 11) is 3.08. The van der Waals surface area contributed by atoms with E-state index in [0.29, 0.717) is 36.6 Å². The van der Waals surface area contributed by atoms with Crippen molar-refractivity contribution in [1.82, 2.24) is 4.90 Å². The van der Waals surface area contributed by atoms with Gasteiger partial charge in [0.05, 0.1) is 38.5 Å². The zero-order valence-corrected chi connectivity index (χ0v) is 18.3. The number of hydrogen-bond donors (Lipinski definition) is 1. The largest absolute Gasteiger partial charge is 0.493 e. The number of ether oxygens (including phenoxy) is 3. The molecule has 10 nitrogen and oxygen atoms in total. The number of aliphatic carboxylic acids is 1. The maximum absolute atomic E-state index is 13.5. The highest BCUT2D eigenvalue weighted by Gasteiger charge is 2.73. The molecule has 5 aliphatic rings. The number of anilines is 1. The van der Waals surface area contributed by atoms with Crippen molar-refractivity contribution in [3.8, 4) is 11.5 Å². The molecule has 174 valence electrons.